The van der Waals surface area contributed by atoms with Crippen LogP contribution in [0.3, 0.4) is 0 Å². The molecule has 5 heteroatoms. The number of rotatable bonds is 2. The Morgan fingerprint density at radius 3 is 2.05 bits per heavy atom. The molecule has 6 heterocycles. The van der Waals surface area contributed by atoms with Crippen molar-refractivity contribution in [3.8, 4) is 17.2 Å². The van der Waals surface area contributed by atoms with Gasteiger partial charge in [-0.2, -0.15) is 0 Å². The van der Waals surface area contributed by atoms with Crippen molar-refractivity contribution >= 4 is 60.2 Å². The van der Waals surface area contributed by atoms with Crippen LogP contribution in [-0.2, 0) is 5.41 Å². The van der Waals surface area contributed by atoms with E-state index < -0.39 is 0 Å². The topological polar surface area (TPSA) is 44.4 Å². The van der Waals surface area contributed by atoms with Crippen molar-refractivity contribution in [2.45, 2.75) is 19.3 Å². The van der Waals surface area contributed by atoms with Crippen molar-refractivity contribution in [3.05, 3.63) is 121 Å². The van der Waals surface area contributed by atoms with Gasteiger partial charge in [-0.15, -0.1) is 0 Å². The van der Waals surface area contributed by atoms with E-state index in [1.807, 2.05) is 24.5 Å². The predicted molar refractivity (Wildman–Crippen MR) is 170 cm³/mol. The fourth-order valence-electron chi connectivity index (χ4n) is 7.53. The maximum absolute atomic E-state index is 6.63. The molecule has 5 aromatic heterocycles. The van der Waals surface area contributed by atoms with Crippen molar-refractivity contribution in [3.63, 3.8) is 0 Å². The average molecular weight is 541 g/mol. The first-order valence-electron chi connectivity index (χ1n) is 14.3. The second-order valence-electron chi connectivity index (χ2n) is 11.9. The fraction of sp³-hybridized carbons (Fsp3) is 0.0811. The van der Waals surface area contributed by atoms with Gasteiger partial charge in [-0.3, -0.25) is 8.97 Å². The molecule has 0 aliphatic carbocycles. The number of ether oxygens (including phenoxy) is 1. The number of pyridine rings is 2. The zero-order valence-electron chi connectivity index (χ0n) is 23.1. The summed E-state index contributed by atoms with van der Waals surface area (Å²) in [7, 11) is 0. The highest BCUT2D eigenvalue weighted by Gasteiger charge is 2.35. The van der Waals surface area contributed by atoms with Gasteiger partial charge in [0.1, 0.15) is 22.8 Å². The molecule has 0 N–H and O–H groups in total. The normalized spacial score (nSPS) is 14.1. The number of benzene rings is 4. The van der Waals surface area contributed by atoms with Crippen LogP contribution in [0, 0.1) is 0 Å². The molecule has 0 radical (unpaired) electrons. The number of para-hydroxylation sites is 2. The molecule has 1 aliphatic heterocycles. The van der Waals surface area contributed by atoms with E-state index >= 15 is 0 Å². The molecule has 0 fully saturated rings. The smallest absolute Gasteiger partial charge is 0.145 e. The van der Waals surface area contributed by atoms with Gasteiger partial charge < -0.3 is 4.74 Å². The Morgan fingerprint density at radius 1 is 0.571 bits per heavy atom. The summed E-state index contributed by atoms with van der Waals surface area (Å²) in [5, 5.41) is 7.23. The third kappa shape index (κ3) is 2.60. The molecule has 198 valence electrons. The molecule has 42 heavy (non-hydrogen) atoms. The molecule has 0 atom stereocenters. The highest BCUT2D eigenvalue weighted by molar-refractivity contribution is 6.22. The first-order valence-corrected chi connectivity index (χ1v) is 14.3. The third-order valence-corrected chi connectivity index (χ3v) is 9.39. The van der Waals surface area contributed by atoms with Crippen LogP contribution in [0.15, 0.2) is 109 Å². The molecule has 0 saturated carbocycles. The number of aromatic nitrogens is 4. The Morgan fingerprint density at radius 2 is 1.21 bits per heavy atom. The van der Waals surface area contributed by atoms with Crippen molar-refractivity contribution in [2.75, 3.05) is 0 Å². The highest BCUT2D eigenvalue weighted by atomic mass is 16.5. The summed E-state index contributed by atoms with van der Waals surface area (Å²) in [6.45, 7) is 4.62. The Balaban J connectivity index is 1.18. The van der Waals surface area contributed by atoms with Gasteiger partial charge in [-0.1, -0.05) is 56.3 Å². The van der Waals surface area contributed by atoms with E-state index in [2.05, 4.69) is 108 Å². The van der Waals surface area contributed by atoms with E-state index in [9.17, 15) is 0 Å². The number of hydrogen-bond donors (Lipinski definition) is 0. The van der Waals surface area contributed by atoms with Crippen LogP contribution in [-0.4, -0.2) is 18.9 Å². The minimum Gasteiger partial charge on any atom is -0.457 e. The van der Waals surface area contributed by atoms with Crippen LogP contribution < -0.4 is 4.74 Å². The lowest BCUT2D eigenvalue weighted by molar-refractivity contribution is 0.482. The van der Waals surface area contributed by atoms with Gasteiger partial charge in [0.15, 0.2) is 0 Å². The van der Waals surface area contributed by atoms with E-state index in [1.54, 1.807) is 0 Å². The lowest BCUT2D eigenvalue weighted by Gasteiger charge is -2.34. The van der Waals surface area contributed by atoms with Crippen LogP contribution >= 0.6 is 0 Å². The van der Waals surface area contributed by atoms with Crippen LogP contribution in [0.4, 0.5) is 0 Å². The van der Waals surface area contributed by atoms with E-state index in [0.29, 0.717) is 0 Å². The Bertz CT molecular complexity index is 2590. The molecule has 0 bridgehead atoms. The summed E-state index contributed by atoms with van der Waals surface area (Å²) < 4.78 is 11.2. The molecule has 5 nitrogen and oxygen atoms in total. The fourth-order valence-corrected chi connectivity index (χ4v) is 7.53. The van der Waals surface area contributed by atoms with Crippen LogP contribution in [0.5, 0.6) is 11.5 Å². The molecular weight excluding hydrogens is 516 g/mol. The van der Waals surface area contributed by atoms with E-state index in [1.165, 1.54) is 54.5 Å². The number of fused-ring (bicyclic) bond motifs is 11. The van der Waals surface area contributed by atoms with E-state index in [4.69, 9.17) is 14.7 Å². The van der Waals surface area contributed by atoms with Gasteiger partial charge in [0, 0.05) is 62.3 Å². The Kier molecular flexibility index (Phi) is 3.95. The van der Waals surface area contributed by atoms with Crippen molar-refractivity contribution in [1.82, 2.24) is 18.9 Å². The Labute approximate surface area is 240 Å². The minimum atomic E-state index is -0.162. The van der Waals surface area contributed by atoms with Crippen molar-refractivity contribution in [2.24, 2.45) is 0 Å². The third-order valence-electron chi connectivity index (χ3n) is 9.39. The molecule has 9 aromatic rings. The molecular formula is C37H24N4O. The number of hydrogen-bond acceptors (Lipinski definition) is 3. The quantitative estimate of drug-likeness (QED) is 0.220. The molecule has 0 saturated heterocycles. The van der Waals surface area contributed by atoms with Crippen LogP contribution in [0.1, 0.15) is 25.0 Å². The summed E-state index contributed by atoms with van der Waals surface area (Å²) in [6, 6.07) is 34.4. The summed E-state index contributed by atoms with van der Waals surface area (Å²) in [5.74, 6) is 1.59. The summed E-state index contributed by atoms with van der Waals surface area (Å²) in [5.41, 5.74) is 9.02. The standard InChI is InChI=1S/C37H24N4O/c1-37(2)29-16-14-22(20-32(29)41-34-26(9-4-12-30(34)37)28-11-6-18-39-36(28)41)42-21-13-15-23-24-7-3-8-25-27-10-5-17-38-35(27)40(33(24)25)31(23)19-21/h3-20H,1-2H3. The molecule has 0 unspecified atom stereocenters. The monoisotopic (exact) mass is 540 g/mol. The molecule has 0 spiro atoms. The van der Waals surface area contributed by atoms with E-state index in [0.717, 1.165) is 34.0 Å². The lowest BCUT2D eigenvalue weighted by atomic mass is 9.74. The average Bonchev–Trinajstić information content (AvgIpc) is 3.65. The maximum atomic E-state index is 6.63. The zero-order valence-corrected chi connectivity index (χ0v) is 23.1. The lowest BCUT2D eigenvalue weighted by Crippen LogP contribution is -2.26. The van der Waals surface area contributed by atoms with Crippen molar-refractivity contribution < 1.29 is 4.74 Å². The van der Waals surface area contributed by atoms with Crippen LogP contribution in [0.2, 0.25) is 0 Å². The van der Waals surface area contributed by atoms with Gasteiger partial charge in [0.2, 0.25) is 0 Å². The van der Waals surface area contributed by atoms with Gasteiger partial charge >= 0.3 is 0 Å². The highest BCUT2D eigenvalue weighted by Crippen LogP contribution is 2.48. The second kappa shape index (κ2) is 7.45. The Hall–Kier alpha value is -5.42. The predicted octanol–water partition coefficient (Wildman–Crippen LogP) is 9.16. The number of nitrogens with zero attached hydrogens (tertiary/aromatic N) is 4. The molecule has 10 rings (SSSR count). The first kappa shape index (κ1) is 22.3. The molecule has 0 amide bonds. The van der Waals surface area contributed by atoms with Gasteiger partial charge in [-0.25, -0.2) is 9.97 Å². The zero-order chi connectivity index (χ0) is 27.7. The van der Waals surface area contributed by atoms with Gasteiger partial charge in [-0.05, 0) is 53.6 Å². The molecule has 4 aromatic carbocycles. The van der Waals surface area contributed by atoms with Crippen LogP contribution in [0.25, 0.3) is 65.8 Å². The van der Waals surface area contributed by atoms with Gasteiger partial charge in [0.25, 0.3) is 0 Å². The summed E-state index contributed by atoms with van der Waals surface area (Å²) >= 11 is 0. The summed E-state index contributed by atoms with van der Waals surface area (Å²) in [4.78, 5) is 9.60. The molecule has 1 aliphatic rings. The van der Waals surface area contributed by atoms with Gasteiger partial charge in [0.05, 0.1) is 22.2 Å². The van der Waals surface area contributed by atoms with E-state index in [-0.39, 0.29) is 5.41 Å². The second-order valence-corrected chi connectivity index (χ2v) is 11.9. The maximum Gasteiger partial charge on any atom is 0.145 e. The SMILES string of the molecule is CC1(C)c2ccc(Oc3ccc4c5cccc6c7cccnc7n(c4c3)c56)cc2-n2c3ncccc3c3cccc1c32. The van der Waals surface area contributed by atoms with Crippen molar-refractivity contribution in [1.29, 1.82) is 0 Å². The summed E-state index contributed by atoms with van der Waals surface area (Å²) in [6.07, 6.45) is 3.75. The largest absolute Gasteiger partial charge is 0.457 e. The minimum absolute atomic E-state index is 0.162. The first-order chi connectivity index (χ1) is 20.6.